The Morgan fingerprint density at radius 1 is 1.21 bits per heavy atom. The van der Waals surface area contributed by atoms with Crippen LogP contribution in [0.2, 0.25) is 0 Å². The van der Waals surface area contributed by atoms with Gasteiger partial charge in [0.2, 0.25) is 5.89 Å². The Morgan fingerprint density at radius 3 is 2.64 bits per heavy atom. The molecule has 2 aromatic rings. The summed E-state index contributed by atoms with van der Waals surface area (Å²) in [7, 11) is 0. The normalized spacial score (nSPS) is 21.4. The summed E-state index contributed by atoms with van der Waals surface area (Å²) < 4.78 is 16.5. The third-order valence-corrected chi connectivity index (χ3v) is 5.59. The van der Waals surface area contributed by atoms with Gasteiger partial charge in [0.25, 0.3) is 5.91 Å². The molecule has 4 rings (SSSR count). The quantitative estimate of drug-likeness (QED) is 0.819. The molecule has 1 unspecified atom stereocenters. The number of hydrogen-bond acceptors (Lipinski definition) is 6. The molecular formula is C21H27N3O4. The smallest absolute Gasteiger partial charge is 0.252 e. The molecule has 1 saturated carbocycles. The lowest BCUT2D eigenvalue weighted by atomic mass is 9.80. The van der Waals surface area contributed by atoms with E-state index in [4.69, 9.17) is 14.0 Å². The third-order valence-electron chi connectivity index (χ3n) is 5.59. The summed E-state index contributed by atoms with van der Waals surface area (Å²) in [6, 6.07) is 7.24. The number of rotatable bonds is 6. The minimum Gasteiger partial charge on any atom is -0.491 e. The molecule has 1 N–H and O–H groups in total. The molecule has 1 aromatic carbocycles. The van der Waals surface area contributed by atoms with E-state index < -0.39 is 5.54 Å². The fraction of sp³-hybridized carbons (Fsp3) is 0.571. The highest BCUT2D eigenvalue weighted by atomic mass is 16.5. The number of carbonyl (C=O) groups is 1. The first-order valence-electron chi connectivity index (χ1n) is 10.1. The van der Waals surface area contributed by atoms with Crippen LogP contribution >= 0.6 is 0 Å². The lowest BCUT2D eigenvalue weighted by Crippen LogP contribution is -2.48. The molecule has 1 atom stereocenters. The van der Waals surface area contributed by atoms with Gasteiger partial charge in [0.15, 0.2) is 5.82 Å². The van der Waals surface area contributed by atoms with Gasteiger partial charge in [-0.3, -0.25) is 4.79 Å². The van der Waals surface area contributed by atoms with Gasteiger partial charge in [-0.25, -0.2) is 0 Å². The molecule has 2 heterocycles. The first-order chi connectivity index (χ1) is 13.6. The maximum absolute atomic E-state index is 12.9. The Hall–Kier alpha value is -2.41. The topological polar surface area (TPSA) is 86.5 Å². The van der Waals surface area contributed by atoms with E-state index in [2.05, 4.69) is 15.5 Å². The van der Waals surface area contributed by atoms with Crippen LogP contribution in [0, 0.1) is 6.92 Å². The first-order valence-corrected chi connectivity index (χ1v) is 10.1. The molecular weight excluding hydrogens is 358 g/mol. The van der Waals surface area contributed by atoms with Gasteiger partial charge in [0.1, 0.15) is 17.9 Å². The molecule has 1 amide bonds. The summed E-state index contributed by atoms with van der Waals surface area (Å²) in [5, 5.41) is 7.29. The maximum atomic E-state index is 12.9. The molecule has 150 valence electrons. The number of amides is 1. The predicted molar refractivity (Wildman–Crippen MR) is 102 cm³/mol. The van der Waals surface area contributed by atoms with Gasteiger partial charge >= 0.3 is 0 Å². The van der Waals surface area contributed by atoms with Crippen molar-refractivity contribution >= 4 is 5.91 Å². The molecule has 1 aromatic heterocycles. The monoisotopic (exact) mass is 385 g/mol. The number of hydrogen-bond donors (Lipinski definition) is 1. The summed E-state index contributed by atoms with van der Waals surface area (Å²) in [6.07, 6.45) is 7.17. The molecule has 1 aliphatic carbocycles. The highest BCUT2D eigenvalue weighted by Gasteiger charge is 2.39. The molecule has 1 saturated heterocycles. The summed E-state index contributed by atoms with van der Waals surface area (Å²) in [6.45, 7) is 3.13. The van der Waals surface area contributed by atoms with Crippen LogP contribution in [0.4, 0.5) is 0 Å². The Bertz CT molecular complexity index is 790. The van der Waals surface area contributed by atoms with Gasteiger partial charge in [-0.2, -0.15) is 4.98 Å². The number of aryl methyl sites for hydroxylation is 1. The van der Waals surface area contributed by atoms with Crippen LogP contribution in [0.3, 0.4) is 0 Å². The van der Waals surface area contributed by atoms with Crippen molar-refractivity contribution in [2.24, 2.45) is 0 Å². The summed E-state index contributed by atoms with van der Waals surface area (Å²) >= 11 is 0. The minimum atomic E-state index is -0.553. The highest BCUT2D eigenvalue weighted by molar-refractivity contribution is 5.94. The summed E-state index contributed by atoms with van der Waals surface area (Å²) in [5.74, 6) is 1.71. The van der Waals surface area contributed by atoms with Crippen LogP contribution in [0.25, 0.3) is 0 Å². The molecule has 2 aliphatic rings. The van der Waals surface area contributed by atoms with Crippen LogP contribution < -0.4 is 10.1 Å². The molecule has 7 heteroatoms. The Kier molecular flexibility index (Phi) is 5.62. The molecule has 1 aliphatic heterocycles. The number of nitrogens with one attached hydrogen (secondary N) is 1. The average molecular weight is 385 g/mol. The van der Waals surface area contributed by atoms with Crippen molar-refractivity contribution in [2.45, 2.75) is 63.5 Å². The summed E-state index contributed by atoms with van der Waals surface area (Å²) in [4.78, 5) is 17.3. The average Bonchev–Trinajstić information content (AvgIpc) is 3.39. The Balaban J connectivity index is 1.42. The van der Waals surface area contributed by atoms with Crippen LogP contribution in [0.15, 0.2) is 28.8 Å². The predicted octanol–water partition coefficient (Wildman–Crippen LogP) is 3.53. The number of aromatic nitrogens is 2. The molecule has 2 fully saturated rings. The van der Waals surface area contributed by atoms with E-state index in [1.165, 1.54) is 0 Å². The van der Waals surface area contributed by atoms with E-state index in [0.717, 1.165) is 57.3 Å². The zero-order valence-corrected chi connectivity index (χ0v) is 16.3. The second kappa shape index (κ2) is 8.31. The van der Waals surface area contributed by atoms with Crippen LogP contribution in [-0.2, 0) is 10.3 Å². The third kappa shape index (κ3) is 4.19. The molecule has 7 nitrogen and oxygen atoms in total. The largest absolute Gasteiger partial charge is 0.491 e. The van der Waals surface area contributed by atoms with Crippen molar-refractivity contribution in [3.8, 4) is 5.75 Å². The van der Waals surface area contributed by atoms with Crippen LogP contribution in [0.5, 0.6) is 5.75 Å². The van der Waals surface area contributed by atoms with Crippen molar-refractivity contribution in [2.75, 3.05) is 13.2 Å². The SMILES string of the molecule is Cc1nc(C2(NC(=O)c3ccc(OCC4CCCO4)cc3)CCCCC2)no1. The summed E-state index contributed by atoms with van der Waals surface area (Å²) in [5.41, 5.74) is 0.0388. The van der Waals surface area contributed by atoms with Gasteiger partial charge in [0.05, 0.1) is 6.10 Å². The molecule has 0 bridgehead atoms. The number of carbonyl (C=O) groups excluding carboxylic acids is 1. The molecule has 0 spiro atoms. The number of nitrogens with zero attached hydrogens (tertiary/aromatic N) is 2. The van der Waals surface area contributed by atoms with Gasteiger partial charge < -0.3 is 19.3 Å². The first kappa shape index (κ1) is 18.9. The second-order valence-electron chi connectivity index (χ2n) is 7.70. The van der Waals surface area contributed by atoms with Crippen LogP contribution in [0.1, 0.15) is 67.0 Å². The van der Waals surface area contributed by atoms with E-state index >= 15 is 0 Å². The van der Waals surface area contributed by atoms with E-state index in [1.807, 2.05) is 12.1 Å². The fourth-order valence-electron chi connectivity index (χ4n) is 4.01. The van der Waals surface area contributed by atoms with Gasteiger partial charge in [-0.05, 0) is 49.9 Å². The van der Waals surface area contributed by atoms with E-state index in [1.54, 1.807) is 19.1 Å². The van der Waals surface area contributed by atoms with Gasteiger partial charge in [-0.15, -0.1) is 0 Å². The van der Waals surface area contributed by atoms with Crippen molar-refractivity contribution in [3.63, 3.8) is 0 Å². The van der Waals surface area contributed by atoms with E-state index in [0.29, 0.717) is 23.9 Å². The minimum absolute atomic E-state index is 0.130. The Labute approximate surface area is 164 Å². The Morgan fingerprint density at radius 2 is 2.00 bits per heavy atom. The van der Waals surface area contributed by atoms with Gasteiger partial charge in [-0.1, -0.05) is 24.4 Å². The van der Waals surface area contributed by atoms with Crippen molar-refractivity contribution in [1.29, 1.82) is 0 Å². The molecule has 28 heavy (non-hydrogen) atoms. The van der Waals surface area contributed by atoms with E-state index in [-0.39, 0.29) is 12.0 Å². The van der Waals surface area contributed by atoms with Crippen molar-refractivity contribution in [1.82, 2.24) is 15.5 Å². The zero-order valence-electron chi connectivity index (χ0n) is 16.3. The van der Waals surface area contributed by atoms with Crippen LogP contribution in [-0.4, -0.2) is 35.4 Å². The fourth-order valence-corrected chi connectivity index (χ4v) is 4.01. The standard InChI is InChI=1S/C21H27N3O4/c1-15-22-20(24-28-15)21(11-3-2-4-12-21)23-19(25)16-7-9-17(10-8-16)27-14-18-6-5-13-26-18/h7-10,18H,2-6,11-14H2,1H3,(H,23,25). The van der Waals surface area contributed by atoms with Crippen molar-refractivity contribution < 1.29 is 18.8 Å². The zero-order chi connectivity index (χ0) is 19.4. The maximum Gasteiger partial charge on any atom is 0.252 e. The van der Waals surface area contributed by atoms with E-state index in [9.17, 15) is 4.79 Å². The number of ether oxygens (including phenoxy) is 2. The molecule has 0 radical (unpaired) electrons. The number of benzene rings is 1. The van der Waals surface area contributed by atoms with Crippen molar-refractivity contribution in [3.05, 3.63) is 41.5 Å². The lowest BCUT2D eigenvalue weighted by molar-refractivity contribution is 0.0679. The second-order valence-corrected chi connectivity index (χ2v) is 7.70. The highest BCUT2D eigenvalue weighted by Crippen LogP contribution is 2.36. The van der Waals surface area contributed by atoms with Gasteiger partial charge in [0, 0.05) is 19.1 Å². The lowest BCUT2D eigenvalue weighted by Gasteiger charge is -2.35.